The average molecular weight is 319 g/mol. The summed E-state index contributed by atoms with van der Waals surface area (Å²) in [4.78, 5) is 24.8. The van der Waals surface area contributed by atoms with E-state index in [9.17, 15) is 4.79 Å². The molecule has 1 aliphatic rings. The molecular weight excluding hydrogens is 298 g/mol. The van der Waals surface area contributed by atoms with Gasteiger partial charge >= 0.3 is 0 Å². The summed E-state index contributed by atoms with van der Waals surface area (Å²) in [6, 6.07) is 2.11. The maximum Gasteiger partial charge on any atom is 0.222 e. The summed E-state index contributed by atoms with van der Waals surface area (Å²) in [5, 5.41) is 7.66. The van der Waals surface area contributed by atoms with Crippen LogP contribution in [0.1, 0.15) is 17.7 Å². The summed E-state index contributed by atoms with van der Waals surface area (Å²) in [5.74, 6) is 1.12. The van der Waals surface area contributed by atoms with Gasteiger partial charge in [0.25, 0.3) is 0 Å². The first-order valence-corrected chi connectivity index (χ1v) is 8.49. The first-order chi connectivity index (χ1) is 10.7. The van der Waals surface area contributed by atoms with Gasteiger partial charge in [0.1, 0.15) is 17.0 Å². The number of piperazine rings is 1. The zero-order valence-corrected chi connectivity index (χ0v) is 13.6. The molecule has 1 aliphatic heterocycles. The van der Waals surface area contributed by atoms with Gasteiger partial charge in [-0.3, -0.25) is 4.79 Å². The summed E-state index contributed by atoms with van der Waals surface area (Å²) in [6.45, 7) is 6.28. The second-order valence-corrected chi connectivity index (χ2v) is 6.69. The third-order valence-corrected chi connectivity index (χ3v) is 4.74. The van der Waals surface area contributed by atoms with Crippen molar-refractivity contribution in [1.29, 1.82) is 0 Å². The number of aryl methyl sites for hydroxylation is 1. The van der Waals surface area contributed by atoms with Crippen LogP contribution in [-0.4, -0.2) is 53.5 Å². The third kappa shape index (κ3) is 3.53. The Labute approximate surface area is 133 Å². The van der Waals surface area contributed by atoms with E-state index in [1.807, 2.05) is 4.90 Å². The number of amides is 1. The van der Waals surface area contributed by atoms with Crippen LogP contribution >= 0.6 is 11.3 Å². The number of rotatable bonds is 5. The number of nitrogens with zero attached hydrogens (tertiary/aromatic N) is 3. The molecule has 2 aromatic rings. The van der Waals surface area contributed by atoms with Crippen LogP contribution in [0, 0.1) is 6.92 Å². The number of hydrogen-bond donors (Lipinski definition) is 2. The van der Waals surface area contributed by atoms with Crippen LogP contribution in [0.3, 0.4) is 0 Å². The monoisotopic (exact) mass is 319 g/mol. The predicted octanol–water partition coefficient (Wildman–Crippen LogP) is 1.62. The fraction of sp³-hybridized carbons (Fsp3) is 0.533. The molecule has 2 N–H and O–H groups in total. The highest BCUT2D eigenvalue weighted by Gasteiger charge is 2.15. The Morgan fingerprint density at radius 1 is 1.41 bits per heavy atom. The van der Waals surface area contributed by atoms with Crippen LogP contribution in [0.2, 0.25) is 0 Å². The summed E-state index contributed by atoms with van der Waals surface area (Å²) < 4.78 is 0. The molecule has 7 heteroatoms. The second-order valence-electron chi connectivity index (χ2n) is 5.46. The molecule has 0 saturated carbocycles. The number of fused-ring (bicyclic) bond motifs is 1. The van der Waals surface area contributed by atoms with Crippen LogP contribution in [0.4, 0.5) is 5.82 Å². The standard InChI is InChI=1S/C15H21N5OS/c1-11-9-12-14(18-10-19-15(12)22-11)17-4-2-3-13(21)20-7-5-16-6-8-20/h9-10,16H,2-8H2,1H3,(H,17,18,19). The smallest absolute Gasteiger partial charge is 0.222 e. The Balaban J connectivity index is 1.49. The van der Waals surface area contributed by atoms with Gasteiger partial charge in [0.15, 0.2) is 0 Å². The molecule has 0 spiro atoms. The summed E-state index contributed by atoms with van der Waals surface area (Å²) >= 11 is 1.67. The van der Waals surface area contributed by atoms with Gasteiger partial charge < -0.3 is 15.5 Å². The molecule has 0 radical (unpaired) electrons. The molecule has 118 valence electrons. The predicted molar refractivity (Wildman–Crippen MR) is 89.3 cm³/mol. The van der Waals surface area contributed by atoms with E-state index in [0.717, 1.165) is 55.2 Å². The minimum Gasteiger partial charge on any atom is -0.369 e. The largest absolute Gasteiger partial charge is 0.369 e. The molecule has 0 bridgehead atoms. The number of thiophene rings is 1. The van der Waals surface area contributed by atoms with Gasteiger partial charge in [-0.1, -0.05) is 0 Å². The molecule has 3 rings (SSSR count). The lowest BCUT2D eigenvalue weighted by Crippen LogP contribution is -2.46. The van der Waals surface area contributed by atoms with Crippen molar-refractivity contribution in [3.8, 4) is 0 Å². The van der Waals surface area contributed by atoms with E-state index >= 15 is 0 Å². The minimum atomic E-state index is 0.252. The zero-order valence-electron chi connectivity index (χ0n) is 12.8. The van der Waals surface area contributed by atoms with Gasteiger partial charge in [-0.05, 0) is 19.4 Å². The van der Waals surface area contributed by atoms with Crippen molar-refractivity contribution < 1.29 is 4.79 Å². The summed E-state index contributed by atoms with van der Waals surface area (Å²) in [7, 11) is 0. The van der Waals surface area contributed by atoms with Crippen molar-refractivity contribution in [1.82, 2.24) is 20.2 Å². The van der Waals surface area contributed by atoms with Gasteiger partial charge in [0, 0.05) is 44.0 Å². The third-order valence-electron chi connectivity index (χ3n) is 3.78. The quantitative estimate of drug-likeness (QED) is 0.820. The molecule has 1 fully saturated rings. The van der Waals surface area contributed by atoms with E-state index in [0.29, 0.717) is 6.42 Å². The molecule has 1 saturated heterocycles. The normalized spacial score (nSPS) is 15.2. The highest BCUT2D eigenvalue weighted by atomic mass is 32.1. The molecule has 3 heterocycles. The van der Waals surface area contributed by atoms with Crippen LogP contribution in [0.5, 0.6) is 0 Å². The Morgan fingerprint density at radius 2 is 2.23 bits per heavy atom. The first-order valence-electron chi connectivity index (χ1n) is 7.67. The SMILES string of the molecule is Cc1cc2c(NCCCC(=O)N3CCNCC3)ncnc2s1. The van der Waals surface area contributed by atoms with Gasteiger partial charge in [0.2, 0.25) is 5.91 Å². The van der Waals surface area contributed by atoms with Crippen molar-refractivity contribution >= 4 is 33.3 Å². The number of nitrogens with one attached hydrogen (secondary N) is 2. The van der Waals surface area contributed by atoms with Crippen LogP contribution < -0.4 is 10.6 Å². The van der Waals surface area contributed by atoms with E-state index in [1.54, 1.807) is 17.7 Å². The second kappa shape index (κ2) is 7.02. The van der Waals surface area contributed by atoms with Gasteiger partial charge in [-0.2, -0.15) is 0 Å². The lowest BCUT2D eigenvalue weighted by molar-refractivity contribution is -0.131. The van der Waals surface area contributed by atoms with E-state index in [4.69, 9.17) is 0 Å². The average Bonchev–Trinajstić information content (AvgIpc) is 2.93. The Bertz CT molecular complexity index is 650. The Kier molecular flexibility index (Phi) is 4.84. The Morgan fingerprint density at radius 3 is 3.05 bits per heavy atom. The highest BCUT2D eigenvalue weighted by molar-refractivity contribution is 7.18. The molecule has 1 amide bonds. The molecule has 0 unspecified atom stereocenters. The molecule has 0 atom stereocenters. The molecule has 0 aliphatic carbocycles. The Hall–Kier alpha value is -1.73. The summed E-state index contributed by atoms with van der Waals surface area (Å²) in [5.41, 5.74) is 0. The molecule has 0 aromatic carbocycles. The van der Waals surface area contributed by atoms with Gasteiger partial charge in [0.05, 0.1) is 5.39 Å². The number of carbonyl (C=O) groups is 1. The van der Waals surface area contributed by atoms with Gasteiger partial charge in [-0.25, -0.2) is 9.97 Å². The maximum atomic E-state index is 12.1. The fourth-order valence-electron chi connectivity index (χ4n) is 2.64. The van der Waals surface area contributed by atoms with E-state index in [1.165, 1.54) is 4.88 Å². The number of anilines is 1. The van der Waals surface area contributed by atoms with Crippen LogP contribution in [-0.2, 0) is 4.79 Å². The number of carbonyl (C=O) groups excluding carboxylic acids is 1. The lowest BCUT2D eigenvalue weighted by atomic mass is 10.2. The van der Waals surface area contributed by atoms with Crippen molar-refractivity contribution in [3.05, 3.63) is 17.3 Å². The van der Waals surface area contributed by atoms with Crippen molar-refractivity contribution in [2.75, 3.05) is 38.0 Å². The van der Waals surface area contributed by atoms with Crippen LogP contribution in [0.15, 0.2) is 12.4 Å². The first kappa shape index (κ1) is 15.2. The van der Waals surface area contributed by atoms with Crippen molar-refractivity contribution in [2.24, 2.45) is 0 Å². The lowest BCUT2D eigenvalue weighted by Gasteiger charge is -2.27. The van der Waals surface area contributed by atoms with E-state index < -0.39 is 0 Å². The van der Waals surface area contributed by atoms with Crippen molar-refractivity contribution in [3.63, 3.8) is 0 Å². The summed E-state index contributed by atoms with van der Waals surface area (Å²) in [6.07, 6.45) is 2.99. The minimum absolute atomic E-state index is 0.252. The van der Waals surface area contributed by atoms with E-state index in [-0.39, 0.29) is 5.91 Å². The topological polar surface area (TPSA) is 70.2 Å². The number of aromatic nitrogens is 2. The van der Waals surface area contributed by atoms with E-state index in [2.05, 4.69) is 33.6 Å². The molecule has 6 nitrogen and oxygen atoms in total. The highest BCUT2D eigenvalue weighted by Crippen LogP contribution is 2.27. The number of hydrogen-bond acceptors (Lipinski definition) is 6. The van der Waals surface area contributed by atoms with Crippen LogP contribution in [0.25, 0.3) is 10.2 Å². The van der Waals surface area contributed by atoms with Crippen molar-refractivity contribution in [2.45, 2.75) is 19.8 Å². The fourth-order valence-corrected chi connectivity index (χ4v) is 3.48. The van der Waals surface area contributed by atoms with Gasteiger partial charge in [-0.15, -0.1) is 11.3 Å². The zero-order chi connectivity index (χ0) is 15.4. The maximum absolute atomic E-state index is 12.1. The molecule has 2 aromatic heterocycles. The molecule has 22 heavy (non-hydrogen) atoms. The molecular formula is C15H21N5OS.